The number of hydrogen-bond acceptors (Lipinski definition) is 4. The van der Waals surface area contributed by atoms with Crippen LogP contribution in [0, 0.1) is 0 Å². The van der Waals surface area contributed by atoms with Crippen molar-refractivity contribution in [1.29, 1.82) is 0 Å². The van der Waals surface area contributed by atoms with Crippen LogP contribution in [0.5, 0.6) is 0 Å². The number of halogens is 3. The highest BCUT2D eigenvalue weighted by molar-refractivity contribution is 7.90. The molecule has 2 aliphatic rings. The molecular formula is C18H23F3N2O4S. The molecule has 1 heterocycles. The number of hydrogen-bond donors (Lipinski definition) is 1. The van der Waals surface area contributed by atoms with E-state index in [1.54, 1.807) is 11.0 Å². The Morgan fingerprint density at radius 1 is 1.32 bits per heavy atom. The average molecular weight is 420 g/mol. The molecule has 3 rings (SSSR count). The number of amides is 1. The third-order valence-corrected chi connectivity index (χ3v) is 5.76. The minimum atomic E-state index is -4.35. The first-order valence-electron chi connectivity index (χ1n) is 8.71. The lowest BCUT2D eigenvalue weighted by atomic mass is 10.1. The molecule has 2 N–H and O–H groups in total. The Balaban J connectivity index is 0.000000336. The van der Waals surface area contributed by atoms with E-state index in [9.17, 15) is 26.4 Å². The fourth-order valence-electron chi connectivity index (χ4n) is 2.64. The van der Waals surface area contributed by atoms with Crippen molar-refractivity contribution in [2.45, 2.75) is 43.4 Å². The van der Waals surface area contributed by atoms with E-state index in [4.69, 9.17) is 9.88 Å². The number of rotatable bonds is 5. The third-order valence-electron chi connectivity index (χ3n) is 4.36. The summed E-state index contributed by atoms with van der Waals surface area (Å²) in [4.78, 5) is 13.0. The first-order valence-corrected chi connectivity index (χ1v) is 10.3. The van der Waals surface area contributed by atoms with Crippen molar-refractivity contribution in [3.05, 3.63) is 48.0 Å². The Morgan fingerprint density at radius 3 is 2.50 bits per heavy atom. The second-order valence-electron chi connectivity index (χ2n) is 6.70. The summed E-state index contributed by atoms with van der Waals surface area (Å²) in [6, 6.07) is 5.08. The molecule has 6 nitrogen and oxygen atoms in total. The number of carbonyl (C=O) groups excluding carboxylic acids is 1. The van der Waals surface area contributed by atoms with Gasteiger partial charge in [0.1, 0.15) is 0 Å². The molecule has 2 fully saturated rings. The van der Waals surface area contributed by atoms with Gasteiger partial charge in [-0.05, 0) is 43.0 Å². The third kappa shape index (κ3) is 6.92. The van der Waals surface area contributed by atoms with Crippen LogP contribution in [0.3, 0.4) is 0 Å². The van der Waals surface area contributed by atoms with E-state index in [0.29, 0.717) is 25.1 Å². The number of primary sulfonamides is 1. The summed E-state index contributed by atoms with van der Waals surface area (Å²) in [6.45, 7) is 4.55. The maximum absolute atomic E-state index is 12.6. The molecule has 1 atom stereocenters. The molecular weight excluding hydrogens is 397 g/mol. The number of likely N-dealkylation sites (tertiary alicyclic amines) is 1. The van der Waals surface area contributed by atoms with E-state index in [2.05, 4.69) is 6.58 Å². The quantitative estimate of drug-likeness (QED) is 0.741. The predicted octanol–water partition coefficient (Wildman–Crippen LogP) is 2.45. The molecule has 1 aromatic carbocycles. The summed E-state index contributed by atoms with van der Waals surface area (Å²) >= 11 is 0. The highest BCUT2D eigenvalue weighted by Gasteiger charge is 2.32. The smallest absolute Gasteiger partial charge is 0.372 e. The van der Waals surface area contributed by atoms with Gasteiger partial charge in [0.05, 0.1) is 23.5 Å². The highest BCUT2D eigenvalue weighted by atomic mass is 32.2. The number of ether oxygens (including phenoxy) is 1. The Labute approximate surface area is 162 Å². The Bertz CT molecular complexity index is 807. The second kappa shape index (κ2) is 9.06. The van der Waals surface area contributed by atoms with Crippen molar-refractivity contribution in [3.63, 3.8) is 0 Å². The van der Waals surface area contributed by atoms with Crippen LogP contribution >= 0.6 is 0 Å². The maximum Gasteiger partial charge on any atom is 0.416 e. The van der Waals surface area contributed by atoms with Gasteiger partial charge in [-0.2, -0.15) is 13.2 Å². The molecule has 0 radical (unpaired) electrons. The van der Waals surface area contributed by atoms with Crippen LogP contribution in [0.15, 0.2) is 36.9 Å². The van der Waals surface area contributed by atoms with Gasteiger partial charge >= 0.3 is 6.18 Å². The van der Waals surface area contributed by atoms with Crippen LogP contribution in [0.25, 0.3) is 0 Å². The molecule has 0 aromatic heterocycles. The Hall–Kier alpha value is -1.91. The molecule has 1 aliphatic heterocycles. The second-order valence-corrected chi connectivity index (χ2v) is 8.54. The van der Waals surface area contributed by atoms with E-state index in [0.717, 1.165) is 25.0 Å². The number of sulfonamides is 1. The number of alkyl halides is 3. The largest absolute Gasteiger partial charge is 0.416 e. The minimum Gasteiger partial charge on any atom is -0.372 e. The number of nitrogens with two attached hydrogens (primary N) is 1. The van der Waals surface area contributed by atoms with Crippen molar-refractivity contribution in [1.82, 2.24) is 4.90 Å². The summed E-state index contributed by atoms with van der Waals surface area (Å²) in [7, 11) is -3.13. The van der Waals surface area contributed by atoms with Crippen molar-refractivity contribution in [2.75, 3.05) is 13.1 Å². The first kappa shape index (κ1) is 22.4. The summed E-state index contributed by atoms with van der Waals surface area (Å²) < 4.78 is 63.7. The van der Waals surface area contributed by atoms with Gasteiger partial charge in [-0.25, -0.2) is 13.6 Å². The van der Waals surface area contributed by atoms with E-state index in [-0.39, 0.29) is 23.9 Å². The molecule has 10 heteroatoms. The van der Waals surface area contributed by atoms with Crippen LogP contribution in [-0.2, 0) is 32.3 Å². The molecule has 28 heavy (non-hydrogen) atoms. The fraction of sp³-hybridized carbons (Fsp3) is 0.500. The van der Waals surface area contributed by atoms with E-state index in [1.165, 1.54) is 12.1 Å². The van der Waals surface area contributed by atoms with Crippen molar-refractivity contribution in [2.24, 2.45) is 5.14 Å². The average Bonchev–Trinajstić information content (AvgIpc) is 3.39. The summed E-state index contributed by atoms with van der Waals surface area (Å²) in [5.41, 5.74) is -0.211. The zero-order valence-corrected chi connectivity index (χ0v) is 16.0. The van der Waals surface area contributed by atoms with Crippen LogP contribution in [0.2, 0.25) is 0 Å². The molecule has 0 bridgehead atoms. The molecule has 1 amide bonds. The van der Waals surface area contributed by atoms with E-state index >= 15 is 0 Å². The predicted molar refractivity (Wildman–Crippen MR) is 97.5 cm³/mol. The standard InChI is InChI=1S/C15H16F3NO2.C3H7NO2S/c1-2-14(20)19-7-6-13(9-19)21-10-11-4-3-5-12(8-11)15(16,17)18;4-7(5,6)3-1-2-3/h2-5,8,13H,1,6-7,9-10H2;3H,1-2H2,(H2,4,5,6). The van der Waals surface area contributed by atoms with E-state index in [1.807, 2.05) is 0 Å². The van der Waals surface area contributed by atoms with Gasteiger partial charge in [0.2, 0.25) is 15.9 Å². The van der Waals surface area contributed by atoms with Crippen LogP contribution in [0.4, 0.5) is 13.2 Å². The Morgan fingerprint density at radius 2 is 2.00 bits per heavy atom. The molecule has 0 spiro atoms. The summed E-state index contributed by atoms with van der Waals surface area (Å²) in [5, 5.41) is 4.51. The molecule has 1 aliphatic carbocycles. The number of benzene rings is 1. The molecule has 1 saturated heterocycles. The van der Waals surface area contributed by atoms with Gasteiger partial charge in [0, 0.05) is 13.1 Å². The van der Waals surface area contributed by atoms with Crippen LogP contribution < -0.4 is 5.14 Å². The molecule has 1 saturated carbocycles. The number of nitrogens with zero attached hydrogens (tertiary/aromatic N) is 1. The van der Waals surface area contributed by atoms with Crippen molar-refractivity contribution >= 4 is 15.9 Å². The van der Waals surface area contributed by atoms with Crippen LogP contribution in [0.1, 0.15) is 30.4 Å². The zero-order chi connectivity index (χ0) is 20.9. The summed E-state index contributed by atoms with van der Waals surface area (Å²) in [6.07, 6.45) is -1.05. The molecule has 156 valence electrons. The lowest BCUT2D eigenvalue weighted by Gasteiger charge is -2.15. The molecule has 1 aromatic rings. The fourth-order valence-corrected chi connectivity index (χ4v) is 3.43. The molecule has 1 unspecified atom stereocenters. The lowest BCUT2D eigenvalue weighted by molar-refractivity contribution is -0.137. The lowest BCUT2D eigenvalue weighted by Crippen LogP contribution is -2.28. The normalized spacial score (nSPS) is 19.7. The van der Waals surface area contributed by atoms with Gasteiger partial charge in [-0.3, -0.25) is 4.79 Å². The van der Waals surface area contributed by atoms with Gasteiger partial charge < -0.3 is 9.64 Å². The topological polar surface area (TPSA) is 89.7 Å². The van der Waals surface area contributed by atoms with Crippen molar-refractivity contribution in [3.8, 4) is 0 Å². The first-order chi connectivity index (χ1) is 13.0. The van der Waals surface area contributed by atoms with Gasteiger partial charge in [0.25, 0.3) is 0 Å². The Kier molecular flexibility index (Phi) is 7.24. The minimum absolute atomic E-state index is 0.102. The zero-order valence-electron chi connectivity index (χ0n) is 15.2. The van der Waals surface area contributed by atoms with E-state index < -0.39 is 21.8 Å². The van der Waals surface area contributed by atoms with Gasteiger partial charge in [0.15, 0.2) is 0 Å². The van der Waals surface area contributed by atoms with Gasteiger partial charge in [-0.1, -0.05) is 18.7 Å². The van der Waals surface area contributed by atoms with Crippen molar-refractivity contribution < 1.29 is 31.1 Å². The summed E-state index contributed by atoms with van der Waals surface area (Å²) in [5.74, 6) is -0.153. The monoisotopic (exact) mass is 420 g/mol. The highest BCUT2D eigenvalue weighted by Crippen LogP contribution is 2.30. The maximum atomic E-state index is 12.6. The van der Waals surface area contributed by atoms with Gasteiger partial charge in [-0.15, -0.1) is 0 Å². The number of carbonyl (C=O) groups is 1. The van der Waals surface area contributed by atoms with Crippen LogP contribution in [-0.4, -0.2) is 43.7 Å². The SMILES string of the molecule is C=CC(=O)N1CCC(OCc2cccc(C(F)(F)F)c2)C1.NS(=O)(=O)C1CC1.